The third-order valence-corrected chi connectivity index (χ3v) is 5.21. The van der Waals surface area contributed by atoms with Gasteiger partial charge in [0.15, 0.2) is 5.78 Å². The molecular weight excluding hydrogens is 449 g/mol. The predicted molar refractivity (Wildman–Crippen MR) is 127 cm³/mol. The fourth-order valence-corrected chi connectivity index (χ4v) is 3.65. The van der Waals surface area contributed by atoms with E-state index in [1.54, 1.807) is 30.3 Å². The van der Waals surface area contributed by atoms with Crippen molar-refractivity contribution in [3.05, 3.63) is 95.0 Å². The number of hydrogen-bond donors (Lipinski definition) is 1. The Morgan fingerprint density at radius 3 is 2.45 bits per heavy atom. The van der Waals surface area contributed by atoms with Crippen molar-refractivity contribution in [2.75, 3.05) is 5.32 Å². The van der Waals surface area contributed by atoms with Crippen LogP contribution in [0.2, 0.25) is 5.02 Å². The second kappa shape index (κ2) is 9.08. The number of allylic oxidation sites excluding steroid dienone is 1. The van der Waals surface area contributed by atoms with E-state index in [0.717, 1.165) is 17.7 Å². The zero-order valence-electron chi connectivity index (χ0n) is 17.5. The molecule has 0 spiro atoms. The van der Waals surface area contributed by atoms with Crippen LogP contribution in [0.4, 0.5) is 24.5 Å². The molecule has 4 rings (SSSR count). The number of nitrogens with one attached hydrogen (secondary N) is 1. The van der Waals surface area contributed by atoms with Gasteiger partial charge in [-0.3, -0.25) is 4.79 Å². The number of alkyl halides is 3. The van der Waals surface area contributed by atoms with E-state index in [2.05, 4.69) is 5.32 Å². The number of hydrogen-bond acceptors (Lipinski definition) is 3. The fourth-order valence-electron chi connectivity index (χ4n) is 3.48. The van der Waals surface area contributed by atoms with Crippen molar-refractivity contribution < 1.29 is 18.0 Å². The number of carbonyl (C=O) groups is 1. The molecule has 0 aliphatic heterocycles. The molecule has 0 saturated heterocycles. The Morgan fingerprint density at radius 1 is 1.00 bits per heavy atom. The smallest absolute Gasteiger partial charge is 0.354 e. The topological polar surface area (TPSA) is 42.0 Å². The monoisotopic (exact) mass is 466 g/mol. The van der Waals surface area contributed by atoms with Crippen molar-refractivity contribution in [2.24, 2.45) is 0 Å². The summed E-state index contributed by atoms with van der Waals surface area (Å²) >= 11 is 6.24. The molecule has 0 saturated carbocycles. The van der Waals surface area contributed by atoms with E-state index in [1.165, 1.54) is 19.1 Å². The zero-order valence-corrected chi connectivity index (χ0v) is 18.2. The van der Waals surface area contributed by atoms with Gasteiger partial charge in [-0.05, 0) is 55.5 Å². The van der Waals surface area contributed by atoms with Crippen LogP contribution in [0.25, 0.3) is 28.2 Å². The van der Waals surface area contributed by atoms with Crippen LogP contribution in [0.15, 0.2) is 78.9 Å². The fraction of sp³-hybridized carbons (Fsp3) is 0.0769. The molecule has 0 unspecified atom stereocenters. The lowest BCUT2D eigenvalue weighted by Crippen LogP contribution is -2.06. The largest absolute Gasteiger partial charge is 0.416 e. The minimum atomic E-state index is -4.48. The average molecular weight is 467 g/mol. The van der Waals surface area contributed by atoms with Gasteiger partial charge in [-0.25, -0.2) is 4.98 Å². The highest BCUT2D eigenvalue weighted by molar-refractivity contribution is 6.31. The highest BCUT2D eigenvalue weighted by Gasteiger charge is 2.30. The van der Waals surface area contributed by atoms with Crippen molar-refractivity contribution in [3.8, 4) is 11.3 Å². The van der Waals surface area contributed by atoms with Gasteiger partial charge in [0.2, 0.25) is 0 Å². The maximum absolute atomic E-state index is 13.3. The maximum atomic E-state index is 13.3. The highest BCUT2D eigenvalue weighted by atomic mass is 35.5. The Labute approximate surface area is 193 Å². The summed E-state index contributed by atoms with van der Waals surface area (Å²) in [6, 6.07) is 19.4. The molecule has 3 nitrogen and oxygen atoms in total. The molecule has 3 aromatic carbocycles. The van der Waals surface area contributed by atoms with Crippen LogP contribution in [-0.2, 0) is 11.0 Å². The van der Waals surface area contributed by atoms with Crippen molar-refractivity contribution in [1.82, 2.24) is 4.98 Å². The van der Waals surface area contributed by atoms with Crippen molar-refractivity contribution in [3.63, 3.8) is 0 Å². The second-order valence-electron chi connectivity index (χ2n) is 7.42. The number of anilines is 2. The van der Waals surface area contributed by atoms with Gasteiger partial charge in [-0.15, -0.1) is 0 Å². The number of pyridine rings is 1. The molecule has 0 aliphatic carbocycles. The van der Waals surface area contributed by atoms with Crippen LogP contribution in [-0.4, -0.2) is 10.8 Å². The van der Waals surface area contributed by atoms with Crippen LogP contribution in [0.5, 0.6) is 0 Å². The number of halogens is 4. The van der Waals surface area contributed by atoms with Gasteiger partial charge in [0, 0.05) is 27.2 Å². The normalized spacial score (nSPS) is 11.8. The molecule has 0 amide bonds. The third-order valence-electron chi connectivity index (χ3n) is 4.98. The molecular formula is C26H18ClF3N2O. The van der Waals surface area contributed by atoms with Crippen LogP contribution in [0, 0.1) is 0 Å². The van der Waals surface area contributed by atoms with Gasteiger partial charge in [-0.2, -0.15) is 13.2 Å². The van der Waals surface area contributed by atoms with Gasteiger partial charge in [0.1, 0.15) is 0 Å². The first-order valence-electron chi connectivity index (χ1n) is 10.0. The quantitative estimate of drug-likeness (QED) is 0.304. The Hall–Kier alpha value is -3.64. The summed E-state index contributed by atoms with van der Waals surface area (Å²) in [5.74, 6) is -0.176. The van der Waals surface area contributed by atoms with E-state index in [9.17, 15) is 18.0 Å². The van der Waals surface area contributed by atoms with Crippen LogP contribution >= 0.6 is 11.6 Å². The van der Waals surface area contributed by atoms with Crippen molar-refractivity contribution >= 4 is 45.7 Å². The van der Waals surface area contributed by atoms with E-state index in [0.29, 0.717) is 32.9 Å². The lowest BCUT2D eigenvalue weighted by Gasteiger charge is -2.18. The molecule has 4 aromatic rings. The number of aromatic nitrogens is 1. The number of nitrogens with zero attached hydrogens (tertiary/aromatic N) is 1. The first kappa shape index (κ1) is 22.6. The summed E-state index contributed by atoms with van der Waals surface area (Å²) in [5, 5.41) is 4.19. The molecule has 0 radical (unpaired) electrons. The third kappa shape index (κ3) is 5.07. The Morgan fingerprint density at radius 2 is 1.76 bits per heavy atom. The molecule has 1 heterocycles. The average Bonchev–Trinajstić information content (AvgIpc) is 2.78. The van der Waals surface area contributed by atoms with E-state index >= 15 is 0 Å². The van der Waals surface area contributed by atoms with E-state index in [-0.39, 0.29) is 11.5 Å². The number of benzene rings is 3. The molecule has 0 fully saturated rings. The molecule has 0 atom stereocenters. The minimum absolute atomic E-state index is 0.176. The lowest BCUT2D eigenvalue weighted by atomic mass is 9.99. The number of rotatable bonds is 5. The SMILES string of the molecule is CC(=O)/C=C/c1c(-c2ccccc2)nc2ccc(Cl)cc2c1Nc1cccc(C(F)(F)F)c1. The van der Waals surface area contributed by atoms with E-state index in [4.69, 9.17) is 16.6 Å². The molecule has 0 bridgehead atoms. The summed E-state index contributed by atoms with van der Waals surface area (Å²) in [6.45, 7) is 1.42. The minimum Gasteiger partial charge on any atom is -0.354 e. The second-order valence-corrected chi connectivity index (χ2v) is 7.86. The first-order valence-corrected chi connectivity index (χ1v) is 10.4. The molecule has 1 N–H and O–H groups in total. The summed E-state index contributed by atoms with van der Waals surface area (Å²) < 4.78 is 39.8. The summed E-state index contributed by atoms with van der Waals surface area (Å²) in [7, 11) is 0. The van der Waals surface area contributed by atoms with Crippen LogP contribution in [0.1, 0.15) is 18.1 Å². The van der Waals surface area contributed by atoms with Gasteiger partial charge in [0.25, 0.3) is 0 Å². The molecule has 7 heteroatoms. The summed E-state index contributed by atoms with van der Waals surface area (Å²) in [4.78, 5) is 16.5. The molecule has 166 valence electrons. The summed E-state index contributed by atoms with van der Waals surface area (Å²) in [5.41, 5.74) is 2.51. The predicted octanol–water partition coefficient (Wildman–Crippen LogP) is 7.92. The highest BCUT2D eigenvalue weighted by Crippen LogP contribution is 2.39. The first-order chi connectivity index (χ1) is 15.7. The molecule has 1 aromatic heterocycles. The Balaban J connectivity index is 2.01. The maximum Gasteiger partial charge on any atom is 0.416 e. The number of ketones is 1. The van der Waals surface area contributed by atoms with Gasteiger partial charge in [0.05, 0.1) is 22.5 Å². The van der Waals surface area contributed by atoms with Crippen LogP contribution < -0.4 is 5.32 Å². The zero-order chi connectivity index (χ0) is 23.6. The number of fused-ring (bicyclic) bond motifs is 1. The van der Waals surface area contributed by atoms with E-state index < -0.39 is 11.7 Å². The van der Waals surface area contributed by atoms with E-state index in [1.807, 2.05) is 30.3 Å². The van der Waals surface area contributed by atoms with Gasteiger partial charge in [-0.1, -0.05) is 48.0 Å². The van der Waals surface area contributed by atoms with Crippen molar-refractivity contribution in [2.45, 2.75) is 13.1 Å². The molecule has 0 aliphatic rings. The lowest BCUT2D eigenvalue weighted by molar-refractivity contribution is -0.137. The molecule has 33 heavy (non-hydrogen) atoms. The Kier molecular flexibility index (Phi) is 6.20. The van der Waals surface area contributed by atoms with Crippen molar-refractivity contribution in [1.29, 1.82) is 0 Å². The van der Waals surface area contributed by atoms with Crippen LogP contribution in [0.3, 0.4) is 0 Å². The van der Waals surface area contributed by atoms with Gasteiger partial charge >= 0.3 is 6.18 Å². The summed E-state index contributed by atoms with van der Waals surface area (Å²) in [6.07, 6.45) is -1.46. The number of carbonyl (C=O) groups excluding carboxylic acids is 1. The van der Waals surface area contributed by atoms with Gasteiger partial charge < -0.3 is 5.32 Å². The standard InChI is InChI=1S/C26H18ClF3N2O/c1-16(33)10-12-21-24(17-6-3-2-4-7-17)32-23-13-11-19(27)15-22(23)25(21)31-20-9-5-8-18(14-20)26(28,29)30/h2-15H,1H3,(H,31,32)/b12-10+. The Bertz CT molecular complexity index is 1370.